The molecule has 3 unspecified atom stereocenters. The Morgan fingerprint density at radius 3 is 2.26 bits per heavy atom. The quantitative estimate of drug-likeness (QED) is 0.906. The van der Waals surface area contributed by atoms with Gasteiger partial charge in [-0.15, -0.1) is 0 Å². The summed E-state index contributed by atoms with van der Waals surface area (Å²) in [6.45, 7) is 0. The van der Waals surface area contributed by atoms with E-state index in [0.717, 1.165) is 11.1 Å². The van der Waals surface area contributed by atoms with Gasteiger partial charge >= 0.3 is 5.97 Å². The Hall–Kier alpha value is -2.13. The third-order valence-corrected chi connectivity index (χ3v) is 4.93. The lowest BCUT2D eigenvalue weighted by Crippen LogP contribution is -2.42. The first-order valence-corrected chi connectivity index (χ1v) is 8.11. The van der Waals surface area contributed by atoms with Crippen LogP contribution in [0, 0.1) is 5.92 Å². The topological polar surface area (TPSA) is 57.5 Å². The predicted octanol–water partition coefficient (Wildman–Crippen LogP) is 3.63. The van der Waals surface area contributed by atoms with Crippen molar-refractivity contribution in [2.45, 2.75) is 37.2 Å². The molecule has 2 N–H and O–H groups in total. The standard InChI is InChI=1S/C20H22O3/c21-19(22)17-11-12-20(23,13-15-7-3-1-4-8-15)14-18(17)16-9-5-2-6-10-16/h1-10,17-18,23H,11-14H2,(H,21,22). The summed E-state index contributed by atoms with van der Waals surface area (Å²) < 4.78 is 0. The maximum absolute atomic E-state index is 11.6. The zero-order valence-corrected chi connectivity index (χ0v) is 13.1. The predicted molar refractivity (Wildman–Crippen MR) is 89.3 cm³/mol. The third kappa shape index (κ3) is 3.62. The second-order valence-electron chi connectivity index (χ2n) is 6.59. The average Bonchev–Trinajstić information content (AvgIpc) is 2.56. The van der Waals surface area contributed by atoms with Crippen LogP contribution in [-0.2, 0) is 11.2 Å². The largest absolute Gasteiger partial charge is 0.481 e. The maximum atomic E-state index is 11.6. The number of hydrogen-bond acceptors (Lipinski definition) is 2. The molecule has 0 spiro atoms. The lowest BCUT2D eigenvalue weighted by molar-refractivity contribution is -0.146. The summed E-state index contributed by atoms with van der Waals surface area (Å²) in [6, 6.07) is 19.6. The molecule has 1 aliphatic carbocycles. The Labute approximate surface area is 136 Å². The number of aliphatic carboxylic acids is 1. The van der Waals surface area contributed by atoms with Gasteiger partial charge in [0.2, 0.25) is 0 Å². The number of rotatable bonds is 4. The van der Waals surface area contributed by atoms with Gasteiger partial charge < -0.3 is 10.2 Å². The third-order valence-electron chi connectivity index (χ3n) is 4.93. The number of carboxylic acids is 1. The summed E-state index contributed by atoms with van der Waals surface area (Å²) >= 11 is 0. The van der Waals surface area contributed by atoms with Gasteiger partial charge in [0, 0.05) is 6.42 Å². The number of carboxylic acid groups (broad SMARTS) is 1. The van der Waals surface area contributed by atoms with E-state index in [-0.39, 0.29) is 5.92 Å². The molecule has 1 aliphatic rings. The van der Waals surface area contributed by atoms with Crippen molar-refractivity contribution in [1.82, 2.24) is 0 Å². The van der Waals surface area contributed by atoms with Gasteiger partial charge in [-0.05, 0) is 36.3 Å². The number of carbonyl (C=O) groups is 1. The Kier molecular flexibility index (Phi) is 4.49. The molecule has 0 aliphatic heterocycles. The van der Waals surface area contributed by atoms with E-state index in [1.165, 1.54) is 0 Å². The van der Waals surface area contributed by atoms with Crippen LogP contribution in [0.5, 0.6) is 0 Å². The van der Waals surface area contributed by atoms with Crippen LogP contribution in [0.3, 0.4) is 0 Å². The van der Waals surface area contributed by atoms with Crippen molar-refractivity contribution >= 4 is 5.97 Å². The molecule has 1 saturated carbocycles. The monoisotopic (exact) mass is 310 g/mol. The summed E-state index contributed by atoms with van der Waals surface area (Å²) in [5, 5.41) is 20.6. The first-order chi connectivity index (χ1) is 11.1. The molecule has 3 heteroatoms. The summed E-state index contributed by atoms with van der Waals surface area (Å²) in [4.78, 5) is 11.6. The molecule has 0 amide bonds. The van der Waals surface area contributed by atoms with Crippen LogP contribution < -0.4 is 0 Å². The highest BCUT2D eigenvalue weighted by atomic mass is 16.4. The minimum atomic E-state index is -0.839. The minimum Gasteiger partial charge on any atom is -0.481 e. The van der Waals surface area contributed by atoms with Crippen molar-refractivity contribution in [3.8, 4) is 0 Å². The van der Waals surface area contributed by atoms with Crippen LogP contribution in [0.1, 0.15) is 36.3 Å². The minimum absolute atomic E-state index is 0.142. The molecular formula is C20H22O3. The van der Waals surface area contributed by atoms with E-state index in [0.29, 0.717) is 25.7 Å². The molecule has 2 aromatic rings. The first kappa shape index (κ1) is 15.8. The van der Waals surface area contributed by atoms with E-state index >= 15 is 0 Å². The van der Waals surface area contributed by atoms with Crippen LogP contribution in [0.25, 0.3) is 0 Å². The lowest BCUT2D eigenvalue weighted by atomic mass is 9.67. The maximum Gasteiger partial charge on any atom is 0.307 e. The van der Waals surface area contributed by atoms with Crippen molar-refractivity contribution in [3.05, 3.63) is 71.8 Å². The molecule has 0 bridgehead atoms. The molecule has 3 atom stereocenters. The van der Waals surface area contributed by atoms with E-state index in [1.54, 1.807) is 0 Å². The van der Waals surface area contributed by atoms with Crippen molar-refractivity contribution < 1.29 is 15.0 Å². The van der Waals surface area contributed by atoms with Gasteiger partial charge in [-0.2, -0.15) is 0 Å². The summed E-state index contributed by atoms with van der Waals surface area (Å²) in [5.74, 6) is -1.33. The van der Waals surface area contributed by atoms with Gasteiger partial charge in [-0.25, -0.2) is 0 Å². The summed E-state index contributed by atoms with van der Waals surface area (Å²) in [5.41, 5.74) is 1.26. The highest BCUT2D eigenvalue weighted by Crippen LogP contribution is 2.44. The molecule has 0 aromatic heterocycles. The molecule has 23 heavy (non-hydrogen) atoms. The molecular weight excluding hydrogens is 288 g/mol. The average molecular weight is 310 g/mol. The number of aliphatic hydroxyl groups is 1. The second-order valence-corrected chi connectivity index (χ2v) is 6.59. The van der Waals surface area contributed by atoms with Crippen LogP contribution in [0.15, 0.2) is 60.7 Å². The molecule has 3 nitrogen and oxygen atoms in total. The Morgan fingerprint density at radius 1 is 1.04 bits per heavy atom. The van der Waals surface area contributed by atoms with Crippen LogP contribution >= 0.6 is 0 Å². The van der Waals surface area contributed by atoms with Crippen molar-refractivity contribution in [2.75, 3.05) is 0 Å². The van der Waals surface area contributed by atoms with E-state index in [9.17, 15) is 15.0 Å². The van der Waals surface area contributed by atoms with Crippen LogP contribution in [0.4, 0.5) is 0 Å². The number of hydrogen-bond donors (Lipinski definition) is 2. The van der Waals surface area contributed by atoms with Crippen molar-refractivity contribution in [3.63, 3.8) is 0 Å². The van der Waals surface area contributed by atoms with Gasteiger partial charge in [0.1, 0.15) is 0 Å². The molecule has 120 valence electrons. The highest BCUT2D eigenvalue weighted by Gasteiger charge is 2.42. The fourth-order valence-electron chi connectivity index (χ4n) is 3.76. The number of benzene rings is 2. The molecule has 0 saturated heterocycles. The molecule has 0 heterocycles. The van der Waals surface area contributed by atoms with E-state index in [2.05, 4.69) is 0 Å². The van der Waals surface area contributed by atoms with E-state index in [4.69, 9.17) is 0 Å². The van der Waals surface area contributed by atoms with Gasteiger partial charge in [0.15, 0.2) is 0 Å². The highest BCUT2D eigenvalue weighted by molar-refractivity contribution is 5.71. The first-order valence-electron chi connectivity index (χ1n) is 8.11. The van der Waals surface area contributed by atoms with Crippen LogP contribution in [-0.4, -0.2) is 21.8 Å². The fraction of sp³-hybridized carbons (Fsp3) is 0.350. The van der Waals surface area contributed by atoms with Crippen LogP contribution in [0.2, 0.25) is 0 Å². The van der Waals surface area contributed by atoms with Crippen molar-refractivity contribution in [2.24, 2.45) is 5.92 Å². The van der Waals surface area contributed by atoms with Gasteiger partial charge in [-0.1, -0.05) is 60.7 Å². The smallest absolute Gasteiger partial charge is 0.307 e. The fourth-order valence-corrected chi connectivity index (χ4v) is 3.76. The summed E-state index contributed by atoms with van der Waals surface area (Å²) in [6.07, 6.45) is 2.10. The molecule has 1 fully saturated rings. The zero-order chi connectivity index (χ0) is 16.3. The SMILES string of the molecule is O=C(O)C1CCC(O)(Cc2ccccc2)CC1c1ccccc1. The summed E-state index contributed by atoms with van der Waals surface area (Å²) in [7, 11) is 0. The van der Waals surface area contributed by atoms with Gasteiger partial charge in [-0.3, -0.25) is 4.79 Å². The Balaban J connectivity index is 1.84. The Bertz CT molecular complexity index is 653. The van der Waals surface area contributed by atoms with E-state index in [1.807, 2.05) is 60.7 Å². The lowest BCUT2D eigenvalue weighted by Gasteiger charge is -2.40. The molecule has 2 aromatic carbocycles. The Morgan fingerprint density at radius 2 is 1.65 bits per heavy atom. The van der Waals surface area contributed by atoms with Gasteiger partial charge in [0.05, 0.1) is 11.5 Å². The molecule has 0 radical (unpaired) electrons. The van der Waals surface area contributed by atoms with Crippen molar-refractivity contribution in [1.29, 1.82) is 0 Å². The molecule has 3 rings (SSSR count). The second kappa shape index (κ2) is 6.55. The van der Waals surface area contributed by atoms with Gasteiger partial charge in [0.25, 0.3) is 0 Å². The normalized spacial score (nSPS) is 27.5. The zero-order valence-electron chi connectivity index (χ0n) is 13.1. The van der Waals surface area contributed by atoms with E-state index < -0.39 is 17.5 Å².